The number of nitro groups is 1. The lowest BCUT2D eigenvalue weighted by atomic mass is 10.2. The molecule has 1 amide bonds. The minimum atomic E-state index is -0.658. The van der Waals surface area contributed by atoms with Crippen molar-refractivity contribution in [3.05, 3.63) is 50.7 Å². The lowest BCUT2D eigenvalue weighted by molar-refractivity contribution is -0.389. The maximum absolute atomic E-state index is 11.9. The van der Waals surface area contributed by atoms with Crippen molar-refractivity contribution < 1.29 is 9.72 Å². The van der Waals surface area contributed by atoms with Crippen molar-refractivity contribution in [3.8, 4) is 0 Å². The highest BCUT2D eigenvalue weighted by atomic mass is 35.5. The van der Waals surface area contributed by atoms with Gasteiger partial charge in [0.1, 0.15) is 0 Å². The maximum atomic E-state index is 11.9. The number of anilines is 1. The molecule has 1 aromatic carbocycles. The zero-order valence-electron chi connectivity index (χ0n) is 9.81. The number of benzene rings is 1. The number of rotatable bonds is 3. The molecule has 0 saturated carbocycles. The summed E-state index contributed by atoms with van der Waals surface area (Å²) < 4.78 is 0. The SMILES string of the molecule is Cc1c(Cl)cccc1NC(=O)c1cc([N+](=O)[O-])[nH]n1. The van der Waals surface area contributed by atoms with Crippen molar-refractivity contribution >= 4 is 29.0 Å². The fourth-order valence-corrected chi connectivity index (χ4v) is 1.63. The van der Waals surface area contributed by atoms with Crippen LogP contribution in [0.4, 0.5) is 11.5 Å². The third kappa shape index (κ3) is 2.71. The van der Waals surface area contributed by atoms with E-state index in [-0.39, 0.29) is 11.5 Å². The highest BCUT2D eigenvalue weighted by molar-refractivity contribution is 6.31. The molecule has 2 N–H and O–H groups in total. The summed E-state index contributed by atoms with van der Waals surface area (Å²) in [6.07, 6.45) is 0. The first-order valence-corrected chi connectivity index (χ1v) is 5.63. The third-order valence-corrected chi connectivity index (χ3v) is 2.92. The molecule has 2 aromatic rings. The number of nitrogens with one attached hydrogen (secondary N) is 2. The van der Waals surface area contributed by atoms with Crippen molar-refractivity contribution in [3.63, 3.8) is 0 Å². The van der Waals surface area contributed by atoms with Crippen LogP contribution in [-0.2, 0) is 0 Å². The summed E-state index contributed by atoms with van der Waals surface area (Å²) in [6, 6.07) is 6.14. The van der Waals surface area contributed by atoms with E-state index in [9.17, 15) is 14.9 Å². The Morgan fingerprint density at radius 3 is 2.89 bits per heavy atom. The van der Waals surface area contributed by atoms with Gasteiger partial charge >= 0.3 is 5.82 Å². The first kappa shape index (κ1) is 13.0. The molecule has 0 saturated heterocycles. The molecular formula is C11H9ClN4O3. The summed E-state index contributed by atoms with van der Waals surface area (Å²) in [5, 5.41) is 19.3. The van der Waals surface area contributed by atoms with E-state index in [1.54, 1.807) is 25.1 Å². The summed E-state index contributed by atoms with van der Waals surface area (Å²) in [6.45, 7) is 1.75. The average molecular weight is 281 g/mol. The topological polar surface area (TPSA) is 101 Å². The number of hydrogen-bond acceptors (Lipinski definition) is 4. The monoisotopic (exact) mass is 280 g/mol. The fourth-order valence-electron chi connectivity index (χ4n) is 1.45. The standard InChI is InChI=1S/C11H9ClN4O3/c1-6-7(12)3-2-4-8(6)13-11(17)9-5-10(15-14-9)16(18)19/h2-5H,1H3,(H,13,17)(H,14,15). The predicted octanol–water partition coefficient (Wildman–Crippen LogP) is 2.53. The molecule has 98 valence electrons. The van der Waals surface area contributed by atoms with E-state index in [1.165, 1.54) is 0 Å². The van der Waals surface area contributed by atoms with Gasteiger partial charge in [0.05, 0.1) is 6.07 Å². The number of carbonyl (C=O) groups is 1. The molecule has 0 aliphatic rings. The van der Waals surface area contributed by atoms with Crippen molar-refractivity contribution in [2.75, 3.05) is 5.32 Å². The van der Waals surface area contributed by atoms with E-state index in [0.29, 0.717) is 16.3 Å². The number of aromatic nitrogens is 2. The van der Waals surface area contributed by atoms with Crippen LogP contribution in [0.2, 0.25) is 5.02 Å². The molecule has 2 rings (SSSR count). The largest absolute Gasteiger partial charge is 0.358 e. The molecule has 8 heteroatoms. The van der Waals surface area contributed by atoms with Crippen LogP contribution in [0.1, 0.15) is 16.1 Å². The Kier molecular flexibility index (Phi) is 3.48. The lowest BCUT2D eigenvalue weighted by Gasteiger charge is -2.07. The molecule has 0 fully saturated rings. The summed E-state index contributed by atoms with van der Waals surface area (Å²) in [5.74, 6) is -0.886. The van der Waals surface area contributed by atoms with Crippen molar-refractivity contribution in [2.24, 2.45) is 0 Å². The van der Waals surface area contributed by atoms with Gasteiger partial charge < -0.3 is 15.4 Å². The number of amides is 1. The first-order valence-electron chi connectivity index (χ1n) is 5.25. The number of H-pyrrole nitrogens is 1. The van der Waals surface area contributed by atoms with Gasteiger partial charge in [-0.05, 0) is 29.5 Å². The van der Waals surface area contributed by atoms with Crippen LogP contribution in [0.5, 0.6) is 0 Å². The van der Waals surface area contributed by atoms with Gasteiger partial charge in [0.2, 0.25) is 0 Å². The van der Waals surface area contributed by atoms with Gasteiger partial charge in [-0.25, -0.2) is 0 Å². The lowest BCUT2D eigenvalue weighted by Crippen LogP contribution is -2.13. The van der Waals surface area contributed by atoms with E-state index in [2.05, 4.69) is 15.5 Å². The number of halogens is 1. The zero-order chi connectivity index (χ0) is 14.0. The van der Waals surface area contributed by atoms with E-state index < -0.39 is 10.8 Å². The molecule has 1 aromatic heterocycles. The van der Waals surface area contributed by atoms with Gasteiger partial charge in [0.15, 0.2) is 5.69 Å². The summed E-state index contributed by atoms with van der Waals surface area (Å²) >= 11 is 5.93. The summed E-state index contributed by atoms with van der Waals surface area (Å²) in [7, 11) is 0. The third-order valence-electron chi connectivity index (χ3n) is 2.51. The molecule has 0 spiro atoms. The molecule has 0 unspecified atom stereocenters. The highest BCUT2D eigenvalue weighted by Crippen LogP contribution is 2.23. The summed E-state index contributed by atoms with van der Waals surface area (Å²) in [5.41, 5.74) is 1.18. The average Bonchev–Trinajstić information content (AvgIpc) is 2.84. The summed E-state index contributed by atoms with van der Waals surface area (Å²) in [4.78, 5) is 21.7. The smallest absolute Gasteiger partial charge is 0.343 e. The highest BCUT2D eigenvalue weighted by Gasteiger charge is 2.17. The van der Waals surface area contributed by atoms with Crippen LogP contribution in [0.3, 0.4) is 0 Å². The maximum Gasteiger partial charge on any atom is 0.343 e. The van der Waals surface area contributed by atoms with Gasteiger partial charge in [-0.15, -0.1) is 5.10 Å². The quantitative estimate of drug-likeness (QED) is 0.666. The second-order valence-corrected chi connectivity index (χ2v) is 4.17. The van der Waals surface area contributed by atoms with Gasteiger partial charge in [0.25, 0.3) is 5.91 Å². The van der Waals surface area contributed by atoms with Crippen LogP contribution < -0.4 is 5.32 Å². The van der Waals surface area contributed by atoms with Crippen molar-refractivity contribution in [1.82, 2.24) is 10.2 Å². The Morgan fingerprint density at radius 1 is 1.53 bits per heavy atom. The van der Waals surface area contributed by atoms with Gasteiger partial charge in [-0.2, -0.15) is 0 Å². The Bertz CT molecular complexity index is 653. The number of hydrogen-bond donors (Lipinski definition) is 2. The Labute approximate surface area is 112 Å². The molecule has 1 heterocycles. The van der Waals surface area contributed by atoms with Gasteiger partial charge in [-0.3, -0.25) is 4.79 Å². The predicted molar refractivity (Wildman–Crippen MR) is 69.4 cm³/mol. The van der Waals surface area contributed by atoms with E-state index >= 15 is 0 Å². The van der Waals surface area contributed by atoms with E-state index in [4.69, 9.17) is 11.6 Å². The first-order chi connectivity index (χ1) is 8.99. The molecule has 0 radical (unpaired) electrons. The molecule has 19 heavy (non-hydrogen) atoms. The Morgan fingerprint density at radius 2 is 2.26 bits per heavy atom. The Balaban J connectivity index is 2.21. The Hall–Kier alpha value is -2.41. The van der Waals surface area contributed by atoms with Gasteiger partial charge in [0, 0.05) is 10.7 Å². The van der Waals surface area contributed by atoms with Crippen LogP contribution >= 0.6 is 11.6 Å². The van der Waals surface area contributed by atoms with Crippen LogP contribution in [-0.4, -0.2) is 21.0 Å². The molecule has 0 aliphatic carbocycles. The molecule has 7 nitrogen and oxygen atoms in total. The number of nitrogens with zero attached hydrogens (tertiary/aromatic N) is 2. The van der Waals surface area contributed by atoms with Crippen molar-refractivity contribution in [1.29, 1.82) is 0 Å². The minimum absolute atomic E-state index is 0.0638. The molecule has 0 aliphatic heterocycles. The van der Waals surface area contributed by atoms with Crippen LogP contribution in [0, 0.1) is 17.0 Å². The fraction of sp³-hybridized carbons (Fsp3) is 0.0909. The molecular weight excluding hydrogens is 272 g/mol. The minimum Gasteiger partial charge on any atom is -0.358 e. The second-order valence-electron chi connectivity index (χ2n) is 3.76. The number of carbonyl (C=O) groups excluding carboxylic acids is 1. The zero-order valence-corrected chi connectivity index (χ0v) is 10.6. The van der Waals surface area contributed by atoms with E-state index in [0.717, 1.165) is 6.07 Å². The van der Waals surface area contributed by atoms with Crippen molar-refractivity contribution in [2.45, 2.75) is 6.92 Å². The van der Waals surface area contributed by atoms with Crippen LogP contribution in [0.25, 0.3) is 0 Å². The van der Waals surface area contributed by atoms with Crippen LogP contribution in [0.15, 0.2) is 24.3 Å². The normalized spacial score (nSPS) is 10.2. The van der Waals surface area contributed by atoms with E-state index in [1.807, 2.05) is 0 Å². The van der Waals surface area contributed by atoms with Gasteiger partial charge in [-0.1, -0.05) is 22.8 Å². The molecule has 0 atom stereocenters. The molecule has 0 bridgehead atoms. The number of aromatic amines is 1. The second kappa shape index (κ2) is 5.07.